The summed E-state index contributed by atoms with van der Waals surface area (Å²) in [7, 11) is 2.08. The third kappa shape index (κ3) is 6.20. The topological polar surface area (TPSA) is 82.7 Å². The minimum Gasteiger partial charge on any atom is -0.485 e. The first-order valence-electron chi connectivity index (χ1n) is 12.3. The molecule has 0 spiro atoms. The van der Waals surface area contributed by atoms with Crippen LogP contribution in [0.15, 0.2) is 42.7 Å². The Hall–Kier alpha value is -2.80. The third-order valence-electron chi connectivity index (χ3n) is 6.90. The predicted molar refractivity (Wildman–Crippen MR) is 136 cm³/mol. The number of benzene rings is 1. The molecule has 4 atom stereocenters. The lowest BCUT2D eigenvalue weighted by Crippen LogP contribution is -2.62. The Morgan fingerprint density at radius 2 is 1.97 bits per heavy atom. The first-order chi connectivity index (χ1) is 16.1. The van der Waals surface area contributed by atoms with Crippen LogP contribution in [0.4, 0.5) is 0 Å². The standard InChI is InChI=1S/C27H40N4O3/c1-7-27(5)24(29-19(4)23-9-8-16-31(23)6)26(33)30-22(17-18(2)3)25(32)28-15-14-20-10-12-21(34-27)13-11-20/h10-15,18,22-24,29H,4,7-9,16-17H2,1-3,5-6H3,(H,28,32)(H,30,33)/b15-14-/t22-,23-,24+,27+/m0/s1. The van der Waals surface area contributed by atoms with E-state index in [9.17, 15) is 9.59 Å². The molecule has 0 aliphatic carbocycles. The zero-order valence-corrected chi connectivity index (χ0v) is 21.2. The van der Waals surface area contributed by atoms with Crippen LogP contribution in [0.25, 0.3) is 6.08 Å². The summed E-state index contributed by atoms with van der Waals surface area (Å²) in [5.74, 6) is 0.404. The molecule has 2 bridgehead atoms. The number of carbonyl (C=O) groups is 2. The predicted octanol–water partition coefficient (Wildman–Crippen LogP) is 3.43. The zero-order chi connectivity index (χ0) is 24.9. The molecule has 1 aromatic rings. The van der Waals surface area contributed by atoms with Crippen LogP contribution in [0.3, 0.4) is 0 Å². The van der Waals surface area contributed by atoms with Gasteiger partial charge in [-0.05, 0) is 75.9 Å². The van der Waals surface area contributed by atoms with Crippen LogP contribution in [0, 0.1) is 5.92 Å². The van der Waals surface area contributed by atoms with Crippen molar-refractivity contribution in [2.75, 3.05) is 13.6 Å². The SMILES string of the molecule is C=C(N[C@@H]1C(=O)N[C@@H](CC(C)C)C(=O)N/C=C\c2ccc(cc2)O[C@]1(C)CC)[C@@H]1CCCN1C. The largest absolute Gasteiger partial charge is 0.485 e. The molecule has 3 aliphatic heterocycles. The highest BCUT2D eigenvalue weighted by Crippen LogP contribution is 2.28. The number of nitrogens with zero attached hydrogens (tertiary/aromatic N) is 1. The maximum atomic E-state index is 13.8. The summed E-state index contributed by atoms with van der Waals surface area (Å²) in [5.41, 5.74) is 0.872. The van der Waals surface area contributed by atoms with E-state index in [0.717, 1.165) is 30.6 Å². The van der Waals surface area contributed by atoms with Gasteiger partial charge in [0.05, 0.1) is 0 Å². The second-order valence-electron chi connectivity index (χ2n) is 10.1. The molecule has 1 saturated heterocycles. The molecule has 0 aromatic heterocycles. The lowest BCUT2D eigenvalue weighted by molar-refractivity contribution is -0.133. The molecule has 2 amide bonds. The summed E-state index contributed by atoms with van der Waals surface area (Å²) < 4.78 is 6.46. The number of hydrogen-bond donors (Lipinski definition) is 3. The summed E-state index contributed by atoms with van der Waals surface area (Å²) in [4.78, 5) is 29.0. The number of hydrogen-bond acceptors (Lipinski definition) is 5. The van der Waals surface area contributed by atoms with Crippen LogP contribution < -0.4 is 20.7 Å². The number of likely N-dealkylation sites (N-methyl/N-ethyl adjacent to an activating group) is 1. The molecular formula is C27H40N4O3. The number of fused-ring (bicyclic) bond motifs is 10. The van der Waals surface area contributed by atoms with Crippen LogP contribution in [-0.2, 0) is 9.59 Å². The Balaban J connectivity index is 1.99. The second kappa shape index (κ2) is 11.1. The number of likely N-dealkylation sites (tertiary alicyclic amines) is 1. The number of rotatable bonds is 6. The summed E-state index contributed by atoms with van der Waals surface area (Å²) in [6.45, 7) is 13.3. The first kappa shape index (κ1) is 25.8. The Bertz CT molecular complexity index is 911. The van der Waals surface area contributed by atoms with Crippen LogP contribution in [0.5, 0.6) is 5.75 Å². The minimum absolute atomic E-state index is 0.154. The van der Waals surface area contributed by atoms with Crippen LogP contribution in [-0.4, -0.2) is 54.0 Å². The Morgan fingerprint density at radius 3 is 2.56 bits per heavy atom. The number of ether oxygens (including phenoxy) is 1. The van der Waals surface area contributed by atoms with Gasteiger partial charge in [-0.25, -0.2) is 0 Å². The van der Waals surface area contributed by atoms with Gasteiger partial charge in [-0.2, -0.15) is 0 Å². The van der Waals surface area contributed by atoms with E-state index >= 15 is 0 Å². The molecule has 7 nitrogen and oxygen atoms in total. The second-order valence-corrected chi connectivity index (χ2v) is 10.1. The van der Waals surface area contributed by atoms with Gasteiger partial charge in [0.2, 0.25) is 11.8 Å². The molecule has 1 aromatic carbocycles. The summed E-state index contributed by atoms with van der Waals surface area (Å²) in [6, 6.07) is 6.39. The van der Waals surface area contributed by atoms with Gasteiger partial charge in [-0.1, -0.05) is 39.5 Å². The highest BCUT2D eigenvalue weighted by atomic mass is 16.5. The van der Waals surface area contributed by atoms with E-state index in [-0.39, 0.29) is 23.8 Å². The molecule has 0 radical (unpaired) electrons. The summed E-state index contributed by atoms with van der Waals surface area (Å²) in [6.07, 6.45) is 6.64. The van der Waals surface area contributed by atoms with Gasteiger partial charge in [-0.3, -0.25) is 14.5 Å². The average Bonchev–Trinajstić information content (AvgIpc) is 3.22. The van der Waals surface area contributed by atoms with E-state index in [2.05, 4.69) is 34.5 Å². The molecule has 4 rings (SSSR count). The van der Waals surface area contributed by atoms with Gasteiger partial charge >= 0.3 is 0 Å². The van der Waals surface area contributed by atoms with Crippen molar-refractivity contribution in [2.24, 2.45) is 5.92 Å². The molecule has 1 fully saturated rings. The lowest BCUT2D eigenvalue weighted by Gasteiger charge is -2.39. The average molecular weight is 469 g/mol. The normalized spacial score (nSPS) is 29.2. The number of nitrogens with one attached hydrogen (secondary N) is 3. The fraction of sp³-hybridized carbons (Fsp3) is 0.556. The van der Waals surface area contributed by atoms with Crippen LogP contribution >= 0.6 is 0 Å². The monoisotopic (exact) mass is 468 g/mol. The van der Waals surface area contributed by atoms with Gasteiger partial charge < -0.3 is 20.7 Å². The maximum absolute atomic E-state index is 13.8. The van der Waals surface area contributed by atoms with Gasteiger partial charge in [-0.15, -0.1) is 0 Å². The molecule has 3 heterocycles. The fourth-order valence-electron chi connectivity index (χ4n) is 4.66. The van der Waals surface area contributed by atoms with Crippen LogP contribution in [0.1, 0.15) is 58.9 Å². The van der Waals surface area contributed by atoms with Gasteiger partial charge in [0.15, 0.2) is 0 Å². The number of carbonyl (C=O) groups excluding carboxylic acids is 2. The molecule has 34 heavy (non-hydrogen) atoms. The van der Waals surface area contributed by atoms with Crippen molar-refractivity contribution < 1.29 is 14.3 Å². The van der Waals surface area contributed by atoms with E-state index in [1.807, 2.05) is 58.0 Å². The summed E-state index contributed by atoms with van der Waals surface area (Å²) >= 11 is 0. The Kier molecular flexibility index (Phi) is 8.42. The summed E-state index contributed by atoms with van der Waals surface area (Å²) in [5, 5.41) is 9.26. The quantitative estimate of drug-likeness (QED) is 0.596. The van der Waals surface area contributed by atoms with Crippen molar-refractivity contribution in [1.29, 1.82) is 0 Å². The number of amides is 2. The van der Waals surface area contributed by atoms with Crippen molar-refractivity contribution in [3.63, 3.8) is 0 Å². The zero-order valence-electron chi connectivity index (χ0n) is 21.2. The van der Waals surface area contributed by atoms with Crippen molar-refractivity contribution in [3.8, 4) is 5.75 Å². The highest BCUT2D eigenvalue weighted by Gasteiger charge is 2.42. The van der Waals surface area contributed by atoms with E-state index in [1.165, 1.54) is 0 Å². The molecule has 186 valence electrons. The molecule has 3 N–H and O–H groups in total. The van der Waals surface area contributed by atoms with E-state index in [1.54, 1.807) is 6.20 Å². The van der Waals surface area contributed by atoms with Gasteiger partial charge in [0, 0.05) is 17.9 Å². The van der Waals surface area contributed by atoms with Crippen molar-refractivity contribution in [2.45, 2.75) is 77.1 Å². The van der Waals surface area contributed by atoms with E-state index < -0.39 is 17.7 Å². The lowest BCUT2D eigenvalue weighted by atomic mass is 9.90. The van der Waals surface area contributed by atoms with Gasteiger partial charge in [0.25, 0.3) is 0 Å². The minimum atomic E-state index is -0.871. The molecule has 0 unspecified atom stereocenters. The van der Waals surface area contributed by atoms with E-state index in [0.29, 0.717) is 18.6 Å². The highest BCUT2D eigenvalue weighted by molar-refractivity contribution is 5.91. The molecular weight excluding hydrogens is 428 g/mol. The van der Waals surface area contributed by atoms with E-state index in [4.69, 9.17) is 4.74 Å². The molecule has 7 heteroatoms. The first-order valence-corrected chi connectivity index (χ1v) is 12.3. The van der Waals surface area contributed by atoms with Crippen molar-refractivity contribution in [3.05, 3.63) is 48.3 Å². The third-order valence-corrected chi connectivity index (χ3v) is 6.90. The Morgan fingerprint density at radius 1 is 1.26 bits per heavy atom. The van der Waals surface area contributed by atoms with Crippen molar-refractivity contribution in [1.82, 2.24) is 20.9 Å². The fourth-order valence-corrected chi connectivity index (χ4v) is 4.66. The smallest absolute Gasteiger partial charge is 0.247 e. The van der Waals surface area contributed by atoms with Gasteiger partial charge in [0.1, 0.15) is 23.4 Å². The molecule has 0 saturated carbocycles. The van der Waals surface area contributed by atoms with Crippen molar-refractivity contribution >= 4 is 17.9 Å². The molecule has 3 aliphatic rings. The Labute approximate surface area is 204 Å². The maximum Gasteiger partial charge on any atom is 0.247 e. The van der Waals surface area contributed by atoms with Crippen LogP contribution in [0.2, 0.25) is 0 Å².